The van der Waals surface area contributed by atoms with Crippen molar-refractivity contribution in [2.75, 3.05) is 6.61 Å². The summed E-state index contributed by atoms with van der Waals surface area (Å²) >= 11 is 0. The topological polar surface area (TPSA) is 66.4 Å². The highest BCUT2D eigenvalue weighted by Gasteiger charge is 2.25. The number of rotatable bonds is 5. The number of benzene rings is 2. The molecule has 2 N–H and O–H groups in total. The second-order valence-electron chi connectivity index (χ2n) is 4.80. The molecule has 0 amide bonds. The number of aliphatic hydroxyl groups is 1. The van der Waals surface area contributed by atoms with E-state index in [-0.39, 0.29) is 5.56 Å². The predicted octanol–water partition coefficient (Wildman–Crippen LogP) is 2.29. The van der Waals surface area contributed by atoms with Crippen LogP contribution in [0.25, 0.3) is 0 Å². The van der Waals surface area contributed by atoms with Crippen molar-refractivity contribution in [3.8, 4) is 0 Å². The van der Waals surface area contributed by atoms with Crippen molar-refractivity contribution < 1.29 is 22.3 Å². The first-order valence-electron chi connectivity index (χ1n) is 6.49. The Balaban J connectivity index is 2.37. The Morgan fingerprint density at radius 2 is 1.77 bits per heavy atom. The fourth-order valence-electron chi connectivity index (χ4n) is 1.98. The van der Waals surface area contributed by atoms with Gasteiger partial charge in [-0.2, -0.15) is 0 Å². The molecule has 2 rings (SSSR count). The molecule has 2 aromatic carbocycles. The van der Waals surface area contributed by atoms with E-state index in [1.54, 1.807) is 30.3 Å². The predicted molar refractivity (Wildman–Crippen MR) is 77.7 cm³/mol. The molecule has 0 bridgehead atoms. The molecule has 7 heteroatoms. The molecule has 0 aromatic heterocycles. The minimum Gasteiger partial charge on any atom is -0.394 e. The van der Waals surface area contributed by atoms with Crippen LogP contribution in [-0.2, 0) is 10.0 Å². The van der Waals surface area contributed by atoms with Crippen LogP contribution in [0.3, 0.4) is 0 Å². The molecule has 0 spiro atoms. The van der Waals surface area contributed by atoms with E-state index >= 15 is 0 Å². The first-order valence-corrected chi connectivity index (χ1v) is 7.97. The highest BCUT2D eigenvalue weighted by atomic mass is 32.2. The van der Waals surface area contributed by atoms with Gasteiger partial charge in [-0.25, -0.2) is 21.9 Å². The quantitative estimate of drug-likeness (QED) is 0.885. The van der Waals surface area contributed by atoms with Crippen molar-refractivity contribution in [3.05, 3.63) is 65.2 Å². The van der Waals surface area contributed by atoms with E-state index in [1.807, 2.05) is 0 Å². The van der Waals surface area contributed by atoms with Gasteiger partial charge in [0.15, 0.2) is 0 Å². The summed E-state index contributed by atoms with van der Waals surface area (Å²) in [5, 5.41) is 9.36. The molecule has 0 aliphatic carbocycles. The molecule has 0 saturated carbocycles. The number of sulfonamides is 1. The molecular formula is C15H15F2NO3S. The molecule has 1 atom stereocenters. The largest absolute Gasteiger partial charge is 0.394 e. The first-order chi connectivity index (χ1) is 10.3. The number of hydrogen-bond donors (Lipinski definition) is 2. The van der Waals surface area contributed by atoms with E-state index in [2.05, 4.69) is 4.72 Å². The summed E-state index contributed by atoms with van der Waals surface area (Å²) in [5.41, 5.74) is 0.528. The van der Waals surface area contributed by atoms with Gasteiger partial charge in [-0.1, -0.05) is 30.3 Å². The lowest BCUT2D eigenvalue weighted by Crippen LogP contribution is -2.31. The summed E-state index contributed by atoms with van der Waals surface area (Å²) in [7, 11) is -4.31. The summed E-state index contributed by atoms with van der Waals surface area (Å²) in [6.07, 6.45) is 0. The van der Waals surface area contributed by atoms with Gasteiger partial charge < -0.3 is 5.11 Å². The van der Waals surface area contributed by atoms with E-state index in [1.165, 1.54) is 6.92 Å². The van der Waals surface area contributed by atoms with Gasteiger partial charge in [0.05, 0.1) is 12.6 Å². The number of hydrogen-bond acceptors (Lipinski definition) is 3. The second kappa shape index (κ2) is 6.51. The average molecular weight is 327 g/mol. The van der Waals surface area contributed by atoms with Crippen molar-refractivity contribution in [2.45, 2.75) is 17.9 Å². The summed E-state index contributed by atoms with van der Waals surface area (Å²) < 4.78 is 54.0. The third-order valence-electron chi connectivity index (χ3n) is 3.18. The van der Waals surface area contributed by atoms with E-state index in [4.69, 9.17) is 0 Å². The monoisotopic (exact) mass is 327 g/mol. The van der Waals surface area contributed by atoms with Gasteiger partial charge in [0.2, 0.25) is 10.0 Å². The SMILES string of the molecule is Cc1cc(F)c(S(=O)(=O)NC(CO)c2ccccc2)cc1F. The highest BCUT2D eigenvalue weighted by Crippen LogP contribution is 2.21. The van der Waals surface area contributed by atoms with Crippen molar-refractivity contribution >= 4 is 10.0 Å². The molecule has 0 saturated heterocycles. The fraction of sp³-hybridized carbons (Fsp3) is 0.200. The number of aliphatic hydroxyl groups excluding tert-OH is 1. The lowest BCUT2D eigenvalue weighted by atomic mass is 10.1. The van der Waals surface area contributed by atoms with Crippen molar-refractivity contribution in [2.24, 2.45) is 0 Å². The van der Waals surface area contributed by atoms with Crippen molar-refractivity contribution in [1.82, 2.24) is 4.72 Å². The van der Waals surface area contributed by atoms with Gasteiger partial charge in [0, 0.05) is 0 Å². The zero-order chi connectivity index (χ0) is 16.3. The van der Waals surface area contributed by atoms with E-state index in [0.29, 0.717) is 11.6 Å². The number of aryl methyl sites for hydroxylation is 1. The van der Waals surface area contributed by atoms with E-state index in [0.717, 1.165) is 6.07 Å². The summed E-state index contributed by atoms with van der Waals surface area (Å²) in [6.45, 7) is 0.821. The molecule has 22 heavy (non-hydrogen) atoms. The van der Waals surface area contributed by atoms with E-state index in [9.17, 15) is 22.3 Å². The van der Waals surface area contributed by atoms with Crippen LogP contribution in [0.15, 0.2) is 47.4 Å². The molecular weight excluding hydrogens is 312 g/mol. The number of nitrogens with one attached hydrogen (secondary N) is 1. The maximum atomic E-state index is 13.8. The van der Waals surface area contributed by atoms with Crippen molar-refractivity contribution in [3.63, 3.8) is 0 Å². The van der Waals surface area contributed by atoms with Gasteiger partial charge in [-0.15, -0.1) is 0 Å². The molecule has 0 aliphatic heterocycles. The lowest BCUT2D eigenvalue weighted by molar-refractivity contribution is 0.258. The normalized spacial score (nSPS) is 13.1. The Bertz CT molecular complexity index is 764. The van der Waals surface area contributed by atoms with Crippen LogP contribution in [0.5, 0.6) is 0 Å². The molecule has 0 fully saturated rings. The number of halogens is 2. The maximum absolute atomic E-state index is 13.8. The van der Waals surface area contributed by atoms with Crippen molar-refractivity contribution in [1.29, 1.82) is 0 Å². The maximum Gasteiger partial charge on any atom is 0.244 e. The van der Waals surface area contributed by atoms with Crippen LogP contribution in [0, 0.1) is 18.6 Å². The third kappa shape index (κ3) is 3.49. The van der Waals surface area contributed by atoms with Gasteiger partial charge in [0.1, 0.15) is 16.5 Å². The molecule has 0 heterocycles. The minimum atomic E-state index is -4.31. The Hall–Kier alpha value is -1.83. The van der Waals surface area contributed by atoms with Crippen LogP contribution in [-0.4, -0.2) is 20.1 Å². The van der Waals surface area contributed by atoms with Crippen LogP contribution in [0.1, 0.15) is 17.2 Å². The standard InChI is InChI=1S/C15H15F2NO3S/c1-10-7-13(17)15(8-12(10)16)22(20,21)18-14(9-19)11-5-3-2-4-6-11/h2-8,14,18-19H,9H2,1H3. The average Bonchev–Trinajstić information content (AvgIpc) is 2.49. The van der Waals surface area contributed by atoms with Crippen LogP contribution >= 0.6 is 0 Å². The molecule has 4 nitrogen and oxygen atoms in total. The Morgan fingerprint density at radius 1 is 1.14 bits per heavy atom. The smallest absolute Gasteiger partial charge is 0.244 e. The highest BCUT2D eigenvalue weighted by molar-refractivity contribution is 7.89. The zero-order valence-electron chi connectivity index (χ0n) is 11.8. The molecule has 0 radical (unpaired) electrons. The van der Waals surface area contributed by atoms with Crippen LogP contribution < -0.4 is 4.72 Å². The fourth-order valence-corrected chi connectivity index (χ4v) is 3.27. The Labute approximate surface area is 127 Å². The van der Waals surface area contributed by atoms with Gasteiger partial charge in [-0.05, 0) is 30.2 Å². The first kappa shape index (κ1) is 16.5. The van der Waals surface area contributed by atoms with Crippen LogP contribution in [0.2, 0.25) is 0 Å². The molecule has 2 aromatic rings. The summed E-state index contributed by atoms with van der Waals surface area (Å²) in [6, 6.07) is 8.84. The van der Waals surface area contributed by atoms with Gasteiger partial charge >= 0.3 is 0 Å². The van der Waals surface area contributed by atoms with Gasteiger partial charge in [-0.3, -0.25) is 0 Å². The molecule has 118 valence electrons. The van der Waals surface area contributed by atoms with Gasteiger partial charge in [0.25, 0.3) is 0 Å². The Morgan fingerprint density at radius 3 is 2.36 bits per heavy atom. The van der Waals surface area contributed by atoms with Crippen LogP contribution in [0.4, 0.5) is 8.78 Å². The summed E-state index contributed by atoms with van der Waals surface area (Å²) in [4.78, 5) is -0.787. The van der Waals surface area contributed by atoms with E-state index < -0.39 is 39.2 Å². The molecule has 0 aliphatic rings. The zero-order valence-corrected chi connectivity index (χ0v) is 12.6. The third-order valence-corrected chi connectivity index (χ3v) is 4.67. The minimum absolute atomic E-state index is 0.0122. The lowest BCUT2D eigenvalue weighted by Gasteiger charge is -2.17. The second-order valence-corrected chi connectivity index (χ2v) is 6.48. The Kier molecular flexibility index (Phi) is 4.90. The molecule has 1 unspecified atom stereocenters. The summed E-state index contributed by atoms with van der Waals surface area (Å²) in [5.74, 6) is -1.86.